The molecule has 3 saturated carbocycles. The average Bonchev–Trinajstić information content (AvgIpc) is 3.81. The number of benzene rings is 1. The van der Waals surface area contributed by atoms with E-state index in [1.54, 1.807) is 12.1 Å². The van der Waals surface area contributed by atoms with Crippen LogP contribution in [-0.2, 0) is 4.79 Å². The van der Waals surface area contributed by atoms with E-state index in [2.05, 4.69) is 6.92 Å². The molecule has 4 aliphatic carbocycles. The van der Waals surface area contributed by atoms with Crippen molar-refractivity contribution in [2.24, 2.45) is 34.5 Å². The highest BCUT2D eigenvalue weighted by atomic mass is 19.4. The normalized spacial score (nSPS) is 31.2. The van der Waals surface area contributed by atoms with Gasteiger partial charge in [0.1, 0.15) is 5.75 Å². The summed E-state index contributed by atoms with van der Waals surface area (Å²) in [6.45, 7) is 2.31. The van der Waals surface area contributed by atoms with E-state index in [0.717, 1.165) is 62.5 Å². The van der Waals surface area contributed by atoms with Crippen LogP contribution >= 0.6 is 0 Å². The van der Waals surface area contributed by atoms with Crippen molar-refractivity contribution >= 4 is 5.97 Å². The Bertz CT molecular complexity index is 1380. The lowest BCUT2D eigenvalue weighted by Gasteiger charge is -2.55. The Kier molecular flexibility index (Phi) is 10.6. The number of aliphatic hydroxyl groups is 2. The van der Waals surface area contributed by atoms with Gasteiger partial charge in [-0.3, -0.25) is 4.79 Å². The van der Waals surface area contributed by atoms with Gasteiger partial charge in [-0.25, -0.2) is 0 Å². The van der Waals surface area contributed by atoms with Gasteiger partial charge in [0.05, 0.1) is 18.1 Å². The third kappa shape index (κ3) is 6.51. The van der Waals surface area contributed by atoms with Crippen LogP contribution in [0.1, 0.15) is 126 Å². The molecule has 0 radical (unpaired) electrons. The first-order valence-corrected chi connectivity index (χ1v) is 17.7. The van der Waals surface area contributed by atoms with E-state index in [1.165, 1.54) is 0 Å². The van der Waals surface area contributed by atoms with Gasteiger partial charge < -0.3 is 20.4 Å². The van der Waals surface area contributed by atoms with E-state index in [4.69, 9.17) is 0 Å². The minimum atomic E-state index is -7.00. The summed E-state index contributed by atoms with van der Waals surface area (Å²) in [5, 5.41) is 42.4. The maximum absolute atomic E-state index is 13.9. The first-order valence-electron chi connectivity index (χ1n) is 17.7. The van der Waals surface area contributed by atoms with Crippen LogP contribution in [0.2, 0.25) is 0 Å². The van der Waals surface area contributed by atoms with Crippen LogP contribution in [0.4, 0.5) is 39.5 Å². The molecule has 4 aliphatic rings. The third-order valence-electron chi connectivity index (χ3n) is 13.2. The number of phenols is 1. The summed E-state index contributed by atoms with van der Waals surface area (Å²) < 4.78 is 118. The summed E-state index contributed by atoms with van der Waals surface area (Å²) in [4.78, 5) is 11.5. The standard InChI is InChI=1S/C36H47F9O5/c1-31-14-13-23-22-11-10-21(46)18-25(22)29(48)24(28(23)26(31)19-27(47)32(31)16-17-32)9-7-5-3-2-4-6-8-20(30(49)50)12-15-33(37,38)34(39,40)35(41,42)36(43,44)45/h10-11,18,20,23-24,26-29,46-48H,2-9,12-17,19H2,1H3,(H,49,50)/t20?,23?,24-,26?,27+,28?,29-,31-/m0/s1. The number of rotatable bonds is 15. The SMILES string of the molecule is C[C@]12CCC3c4ccc(O)cc4[C@@H](O)[C@@H](CCCCCCCCC(CCC(F)(F)C(F)(F)C(F)(F)C(F)(F)F)C(=O)O)C3C1C[C@@H](O)C21CC1. The zero-order valence-electron chi connectivity index (χ0n) is 28.0. The van der Waals surface area contributed by atoms with Crippen LogP contribution in [0.25, 0.3) is 0 Å². The number of hydrogen-bond donors (Lipinski definition) is 4. The van der Waals surface area contributed by atoms with E-state index >= 15 is 0 Å². The second-order valence-corrected chi connectivity index (χ2v) is 15.7. The van der Waals surface area contributed by atoms with Crippen molar-refractivity contribution in [1.29, 1.82) is 0 Å². The molecule has 284 valence electrons. The van der Waals surface area contributed by atoms with Crippen LogP contribution in [0.5, 0.6) is 5.75 Å². The Morgan fingerprint density at radius 2 is 1.48 bits per heavy atom. The fourth-order valence-electron chi connectivity index (χ4n) is 10.2. The number of unbranched alkanes of at least 4 members (excludes halogenated alkanes) is 5. The fraction of sp³-hybridized carbons (Fsp3) is 0.806. The molecular formula is C36H47F9O5. The molecule has 0 amide bonds. The molecule has 0 saturated heterocycles. The topological polar surface area (TPSA) is 98.0 Å². The first kappa shape index (κ1) is 39.0. The maximum Gasteiger partial charge on any atom is 0.460 e. The van der Waals surface area contributed by atoms with Gasteiger partial charge in [0.25, 0.3) is 0 Å². The molecule has 0 bridgehead atoms. The van der Waals surface area contributed by atoms with Gasteiger partial charge in [-0.1, -0.05) is 51.5 Å². The van der Waals surface area contributed by atoms with Crippen molar-refractivity contribution in [3.8, 4) is 5.75 Å². The molecule has 1 aromatic rings. The quantitative estimate of drug-likeness (QED) is 0.106. The number of fused-ring (bicyclic) bond motifs is 6. The monoisotopic (exact) mass is 730 g/mol. The predicted octanol–water partition coefficient (Wildman–Crippen LogP) is 9.79. The lowest BCUT2D eigenvalue weighted by atomic mass is 9.50. The number of carbonyl (C=O) groups is 1. The van der Waals surface area contributed by atoms with E-state index in [-0.39, 0.29) is 59.2 Å². The Morgan fingerprint density at radius 1 is 0.860 bits per heavy atom. The molecule has 50 heavy (non-hydrogen) atoms. The average molecular weight is 731 g/mol. The van der Waals surface area contributed by atoms with Crippen molar-refractivity contribution in [2.75, 3.05) is 0 Å². The molecule has 1 spiro atoms. The van der Waals surface area contributed by atoms with Crippen molar-refractivity contribution in [3.63, 3.8) is 0 Å². The molecule has 14 heteroatoms. The zero-order chi connectivity index (χ0) is 37.1. The minimum Gasteiger partial charge on any atom is -0.508 e. The molecule has 0 aromatic heterocycles. The van der Waals surface area contributed by atoms with E-state index in [9.17, 15) is 64.7 Å². The van der Waals surface area contributed by atoms with Gasteiger partial charge >= 0.3 is 29.9 Å². The lowest BCUT2D eigenvalue weighted by Crippen LogP contribution is -2.60. The summed E-state index contributed by atoms with van der Waals surface area (Å²) in [7, 11) is 0. The summed E-state index contributed by atoms with van der Waals surface area (Å²) in [6, 6.07) is 5.23. The summed E-state index contributed by atoms with van der Waals surface area (Å²) in [5.41, 5.74) is 1.78. The number of aliphatic hydroxyl groups excluding tert-OH is 2. The number of phenolic OH excluding ortho intramolecular Hbond substituents is 1. The van der Waals surface area contributed by atoms with E-state index < -0.39 is 54.8 Å². The summed E-state index contributed by atoms with van der Waals surface area (Å²) >= 11 is 0. The number of carboxylic acids is 1. The highest BCUT2D eigenvalue weighted by molar-refractivity contribution is 5.69. The van der Waals surface area contributed by atoms with Crippen LogP contribution in [0.15, 0.2) is 18.2 Å². The molecule has 0 heterocycles. The molecule has 8 atom stereocenters. The molecule has 0 aliphatic heterocycles. The Balaban J connectivity index is 1.11. The van der Waals surface area contributed by atoms with Crippen LogP contribution in [-0.4, -0.2) is 56.4 Å². The number of aliphatic carboxylic acids is 1. The lowest BCUT2D eigenvalue weighted by molar-refractivity contribution is -0.396. The molecule has 5 nitrogen and oxygen atoms in total. The Labute approximate surface area is 285 Å². The molecule has 5 rings (SSSR count). The minimum absolute atomic E-state index is 0.00129. The summed E-state index contributed by atoms with van der Waals surface area (Å²) in [6.07, 6.45) is -2.62. The first-order chi connectivity index (χ1) is 23.1. The van der Waals surface area contributed by atoms with Crippen LogP contribution in [0, 0.1) is 34.5 Å². The predicted molar refractivity (Wildman–Crippen MR) is 164 cm³/mol. The van der Waals surface area contributed by atoms with Gasteiger partial charge in [-0.05, 0) is 104 Å². The molecule has 4 unspecified atom stereocenters. The van der Waals surface area contributed by atoms with Crippen molar-refractivity contribution in [2.45, 2.75) is 145 Å². The van der Waals surface area contributed by atoms with Gasteiger partial charge in [-0.2, -0.15) is 39.5 Å². The van der Waals surface area contributed by atoms with Gasteiger partial charge in [0, 0.05) is 11.8 Å². The van der Waals surface area contributed by atoms with Gasteiger partial charge in [0.2, 0.25) is 0 Å². The molecular weight excluding hydrogens is 683 g/mol. The fourth-order valence-corrected chi connectivity index (χ4v) is 10.2. The Morgan fingerprint density at radius 3 is 2.08 bits per heavy atom. The smallest absolute Gasteiger partial charge is 0.460 e. The third-order valence-corrected chi connectivity index (χ3v) is 13.2. The zero-order valence-corrected chi connectivity index (χ0v) is 28.0. The maximum atomic E-state index is 13.9. The highest BCUT2D eigenvalue weighted by Gasteiger charge is 2.81. The molecule has 1 aromatic carbocycles. The van der Waals surface area contributed by atoms with Crippen molar-refractivity contribution in [3.05, 3.63) is 29.3 Å². The summed E-state index contributed by atoms with van der Waals surface area (Å²) in [5.74, 6) is -22.1. The van der Waals surface area contributed by atoms with Crippen molar-refractivity contribution < 1.29 is 64.7 Å². The molecule has 4 N–H and O–H groups in total. The number of halogens is 9. The Hall–Kier alpha value is -2.22. The molecule has 3 fully saturated rings. The van der Waals surface area contributed by atoms with Crippen LogP contribution < -0.4 is 0 Å². The van der Waals surface area contributed by atoms with Gasteiger partial charge in [0.15, 0.2) is 0 Å². The van der Waals surface area contributed by atoms with Gasteiger partial charge in [-0.15, -0.1) is 0 Å². The van der Waals surface area contributed by atoms with Crippen molar-refractivity contribution in [1.82, 2.24) is 0 Å². The largest absolute Gasteiger partial charge is 0.508 e. The highest BCUT2D eigenvalue weighted by Crippen LogP contribution is 2.76. The second-order valence-electron chi connectivity index (χ2n) is 15.7. The van der Waals surface area contributed by atoms with E-state index in [1.807, 2.05) is 6.07 Å². The number of hydrogen-bond acceptors (Lipinski definition) is 4. The number of alkyl halides is 9. The number of carboxylic acid groups (broad SMARTS) is 1. The second kappa shape index (κ2) is 13.6. The number of aromatic hydroxyl groups is 1. The van der Waals surface area contributed by atoms with E-state index in [0.29, 0.717) is 19.3 Å². The van der Waals surface area contributed by atoms with Crippen LogP contribution in [0.3, 0.4) is 0 Å².